The van der Waals surface area contributed by atoms with E-state index in [0.29, 0.717) is 30.0 Å². The third-order valence-electron chi connectivity index (χ3n) is 2.67. The molecule has 2 rings (SSSR count). The van der Waals surface area contributed by atoms with E-state index in [4.69, 9.17) is 5.26 Å². The van der Waals surface area contributed by atoms with Gasteiger partial charge in [-0.15, -0.1) is 0 Å². The van der Waals surface area contributed by atoms with Crippen LogP contribution in [0.1, 0.15) is 15.9 Å². The first-order valence-electron chi connectivity index (χ1n) is 6.23. The van der Waals surface area contributed by atoms with Gasteiger partial charge >= 0.3 is 0 Å². The first kappa shape index (κ1) is 13.6. The third-order valence-corrected chi connectivity index (χ3v) is 2.67. The van der Waals surface area contributed by atoms with Gasteiger partial charge in [-0.25, -0.2) is 4.98 Å². The molecule has 0 radical (unpaired) electrons. The molecule has 0 saturated heterocycles. The molecule has 0 aliphatic carbocycles. The number of nitrogens with one attached hydrogen (secondary N) is 2. The number of carbonyl (C=O) groups excluding carboxylic acids is 1. The highest BCUT2D eigenvalue weighted by Crippen LogP contribution is 2.08. The zero-order valence-electron chi connectivity index (χ0n) is 10.8. The number of nitrogens with zero attached hydrogens (tertiary/aromatic N) is 2. The summed E-state index contributed by atoms with van der Waals surface area (Å²) in [4.78, 5) is 15.9. The summed E-state index contributed by atoms with van der Waals surface area (Å²) >= 11 is 0. The van der Waals surface area contributed by atoms with Crippen LogP contribution in [-0.4, -0.2) is 24.0 Å². The van der Waals surface area contributed by atoms with Crippen molar-refractivity contribution >= 4 is 11.7 Å². The van der Waals surface area contributed by atoms with Crippen LogP contribution in [0, 0.1) is 11.3 Å². The minimum Gasteiger partial charge on any atom is -0.367 e. The highest BCUT2D eigenvalue weighted by atomic mass is 16.1. The molecule has 2 N–H and O–H groups in total. The lowest BCUT2D eigenvalue weighted by Crippen LogP contribution is -2.28. The summed E-state index contributed by atoms with van der Waals surface area (Å²) in [6.45, 7) is 0.958. The standard InChI is InChI=1S/C15H14N4O/c16-11-13-7-4-8-17-14(13)18-9-10-19-15(20)12-5-2-1-3-6-12/h1-8H,9-10H2,(H,17,18)(H,19,20). The van der Waals surface area contributed by atoms with Crippen LogP contribution in [0.3, 0.4) is 0 Å². The minimum absolute atomic E-state index is 0.117. The Morgan fingerprint density at radius 1 is 1.15 bits per heavy atom. The van der Waals surface area contributed by atoms with Gasteiger partial charge in [0.1, 0.15) is 11.9 Å². The highest BCUT2D eigenvalue weighted by molar-refractivity contribution is 5.94. The number of anilines is 1. The molecular weight excluding hydrogens is 252 g/mol. The molecule has 0 unspecified atom stereocenters. The number of nitriles is 1. The topological polar surface area (TPSA) is 77.8 Å². The lowest BCUT2D eigenvalue weighted by molar-refractivity contribution is 0.0955. The second-order valence-electron chi connectivity index (χ2n) is 4.06. The molecule has 0 saturated carbocycles. The van der Waals surface area contributed by atoms with Crippen molar-refractivity contribution in [3.8, 4) is 6.07 Å². The smallest absolute Gasteiger partial charge is 0.251 e. The fraction of sp³-hybridized carbons (Fsp3) is 0.133. The monoisotopic (exact) mass is 266 g/mol. The minimum atomic E-state index is -0.117. The molecule has 1 aromatic carbocycles. The number of carbonyl (C=O) groups is 1. The van der Waals surface area contributed by atoms with E-state index < -0.39 is 0 Å². The van der Waals surface area contributed by atoms with Gasteiger partial charge in [0.25, 0.3) is 5.91 Å². The van der Waals surface area contributed by atoms with Gasteiger partial charge in [0.2, 0.25) is 0 Å². The molecular formula is C15H14N4O. The lowest BCUT2D eigenvalue weighted by Gasteiger charge is -2.08. The van der Waals surface area contributed by atoms with Crippen LogP contribution in [-0.2, 0) is 0 Å². The molecule has 1 aromatic heterocycles. The quantitative estimate of drug-likeness (QED) is 0.809. The Morgan fingerprint density at radius 3 is 2.70 bits per heavy atom. The second kappa shape index (κ2) is 6.90. The van der Waals surface area contributed by atoms with Gasteiger partial charge in [-0.2, -0.15) is 5.26 Å². The largest absolute Gasteiger partial charge is 0.367 e. The Hall–Kier alpha value is -2.87. The van der Waals surface area contributed by atoms with Gasteiger partial charge in [-0.1, -0.05) is 18.2 Å². The molecule has 2 aromatic rings. The predicted octanol–water partition coefficient (Wildman–Crippen LogP) is 1.80. The van der Waals surface area contributed by atoms with Gasteiger partial charge in [0.15, 0.2) is 0 Å². The van der Waals surface area contributed by atoms with E-state index >= 15 is 0 Å². The fourth-order valence-corrected chi connectivity index (χ4v) is 1.68. The Labute approximate surface area is 117 Å². The number of amides is 1. The fourth-order valence-electron chi connectivity index (χ4n) is 1.68. The van der Waals surface area contributed by atoms with Crippen LogP contribution in [0.5, 0.6) is 0 Å². The molecule has 0 atom stereocenters. The van der Waals surface area contributed by atoms with Crippen molar-refractivity contribution in [2.45, 2.75) is 0 Å². The van der Waals surface area contributed by atoms with Crippen molar-refractivity contribution in [3.05, 3.63) is 59.8 Å². The van der Waals surface area contributed by atoms with Crippen molar-refractivity contribution in [2.24, 2.45) is 0 Å². The van der Waals surface area contributed by atoms with Crippen molar-refractivity contribution in [1.29, 1.82) is 5.26 Å². The summed E-state index contributed by atoms with van der Waals surface area (Å²) in [5.41, 5.74) is 1.12. The molecule has 5 nitrogen and oxygen atoms in total. The van der Waals surface area contributed by atoms with Crippen LogP contribution in [0.15, 0.2) is 48.7 Å². The van der Waals surface area contributed by atoms with E-state index in [-0.39, 0.29) is 5.91 Å². The van der Waals surface area contributed by atoms with E-state index in [9.17, 15) is 4.79 Å². The maximum atomic E-state index is 11.8. The van der Waals surface area contributed by atoms with Gasteiger partial charge in [0, 0.05) is 24.8 Å². The zero-order chi connectivity index (χ0) is 14.2. The molecule has 5 heteroatoms. The van der Waals surface area contributed by atoms with Crippen LogP contribution in [0.4, 0.5) is 5.82 Å². The Balaban J connectivity index is 1.80. The molecule has 20 heavy (non-hydrogen) atoms. The van der Waals surface area contributed by atoms with Crippen LogP contribution in [0.2, 0.25) is 0 Å². The van der Waals surface area contributed by atoms with Crippen molar-refractivity contribution in [3.63, 3.8) is 0 Å². The number of hydrogen-bond acceptors (Lipinski definition) is 4. The van der Waals surface area contributed by atoms with Gasteiger partial charge in [-0.3, -0.25) is 4.79 Å². The van der Waals surface area contributed by atoms with E-state index in [1.807, 2.05) is 18.2 Å². The molecule has 100 valence electrons. The summed E-state index contributed by atoms with van der Waals surface area (Å²) in [6, 6.07) is 14.5. The predicted molar refractivity (Wildman–Crippen MR) is 76.2 cm³/mol. The van der Waals surface area contributed by atoms with Gasteiger partial charge in [0.05, 0.1) is 5.56 Å². The van der Waals surface area contributed by atoms with E-state index in [1.165, 1.54) is 0 Å². The molecule has 1 heterocycles. The maximum Gasteiger partial charge on any atom is 0.251 e. The average Bonchev–Trinajstić information content (AvgIpc) is 2.52. The van der Waals surface area contributed by atoms with Crippen LogP contribution in [0.25, 0.3) is 0 Å². The molecule has 0 spiro atoms. The SMILES string of the molecule is N#Cc1cccnc1NCCNC(=O)c1ccccc1. The summed E-state index contributed by atoms with van der Waals surface area (Å²) in [6.07, 6.45) is 1.62. The average molecular weight is 266 g/mol. The van der Waals surface area contributed by atoms with Crippen LogP contribution < -0.4 is 10.6 Å². The molecule has 0 aliphatic heterocycles. The number of benzene rings is 1. The van der Waals surface area contributed by atoms with E-state index in [1.54, 1.807) is 30.5 Å². The molecule has 0 bridgehead atoms. The Kier molecular flexibility index (Phi) is 4.68. The van der Waals surface area contributed by atoms with E-state index in [2.05, 4.69) is 21.7 Å². The number of hydrogen-bond donors (Lipinski definition) is 2. The van der Waals surface area contributed by atoms with Crippen molar-refractivity contribution < 1.29 is 4.79 Å². The first-order chi connectivity index (χ1) is 9.81. The van der Waals surface area contributed by atoms with Crippen molar-refractivity contribution in [2.75, 3.05) is 18.4 Å². The Bertz CT molecular complexity index is 619. The number of rotatable bonds is 5. The lowest BCUT2D eigenvalue weighted by atomic mass is 10.2. The zero-order valence-corrected chi connectivity index (χ0v) is 10.8. The van der Waals surface area contributed by atoms with Crippen molar-refractivity contribution in [1.82, 2.24) is 10.3 Å². The van der Waals surface area contributed by atoms with E-state index in [0.717, 1.165) is 0 Å². The number of pyridine rings is 1. The maximum absolute atomic E-state index is 11.8. The summed E-state index contributed by atoms with van der Waals surface area (Å²) in [5.74, 6) is 0.415. The summed E-state index contributed by atoms with van der Waals surface area (Å²) in [7, 11) is 0. The molecule has 0 aliphatic rings. The molecule has 0 fully saturated rings. The second-order valence-corrected chi connectivity index (χ2v) is 4.06. The molecule has 1 amide bonds. The highest BCUT2D eigenvalue weighted by Gasteiger charge is 2.04. The van der Waals surface area contributed by atoms with Gasteiger partial charge < -0.3 is 10.6 Å². The normalized spacial score (nSPS) is 9.55. The summed E-state index contributed by atoms with van der Waals surface area (Å²) < 4.78 is 0. The van der Waals surface area contributed by atoms with Crippen LogP contribution >= 0.6 is 0 Å². The first-order valence-corrected chi connectivity index (χ1v) is 6.23. The third kappa shape index (κ3) is 3.56. The summed E-state index contributed by atoms with van der Waals surface area (Å²) in [5, 5.41) is 14.7. The number of aromatic nitrogens is 1. The Morgan fingerprint density at radius 2 is 1.95 bits per heavy atom. The van der Waals surface area contributed by atoms with Gasteiger partial charge in [-0.05, 0) is 24.3 Å².